The summed E-state index contributed by atoms with van der Waals surface area (Å²) in [6.07, 6.45) is 3.56. The summed E-state index contributed by atoms with van der Waals surface area (Å²) in [7, 11) is 0. The van der Waals surface area contributed by atoms with Gasteiger partial charge in [-0.1, -0.05) is 11.6 Å². The van der Waals surface area contributed by atoms with Crippen molar-refractivity contribution < 1.29 is 8.78 Å². The first-order valence-corrected chi connectivity index (χ1v) is 4.52. The Labute approximate surface area is 72.7 Å². The molecule has 0 nitrogen and oxygen atoms in total. The van der Waals surface area contributed by atoms with Crippen LogP contribution in [0.1, 0.15) is 39.5 Å². The second kappa shape index (κ2) is 3.55. The minimum absolute atomic E-state index is 0.0709. The third-order valence-electron chi connectivity index (χ3n) is 2.33. The van der Waals surface area contributed by atoms with Gasteiger partial charge >= 0.3 is 0 Å². The molecule has 0 atom stereocenters. The second-order valence-electron chi connectivity index (χ2n) is 3.94. The maximum absolute atomic E-state index is 12.7. The van der Waals surface area contributed by atoms with E-state index in [9.17, 15) is 8.78 Å². The van der Waals surface area contributed by atoms with E-state index >= 15 is 0 Å². The Morgan fingerprint density at radius 2 is 1.75 bits per heavy atom. The molecule has 0 amide bonds. The summed E-state index contributed by atoms with van der Waals surface area (Å²) < 4.78 is 25.4. The van der Waals surface area contributed by atoms with Gasteiger partial charge in [0.2, 0.25) is 5.92 Å². The van der Waals surface area contributed by atoms with Crippen molar-refractivity contribution in [3.8, 4) is 0 Å². The van der Waals surface area contributed by atoms with Crippen LogP contribution in [0.3, 0.4) is 0 Å². The monoisotopic (exact) mass is 174 g/mol. The van der Waals surface area contributed by atoms with Crippen LogP contribution in [0.4, 0.5) is 8.78 Å². The summed E-state index contributed by atoms with van der Waals surface area (Å²) in [5.74, 6) is -1.99. The Hall–Kier alpha value is -0.400. The molecule has 0 aliphatic heterocycles. The number of alkyl halides is 2. The predicted octanol–water partition coefficient (Wildman–Crippen LogP) is 3.78. The van der Waals surface area contributed by atoms with Crippen LogP contribution in [0, 0.1) is 5.92 Å². The zero-order chi connectivity index (χ0) is 9.19. The van der Waals surface area contributed by atoms with Gasteiger partial charge < -0.3 is 0 Å². The van der Waals surface area contributed by atoms with E-state index in [1.165, 1.54) is 5.57 Å². The minimum Gasteiger partial charge on any atom is -0.207 e. The van der Waals surface area contributed by atoms with Crippen LogP contribution in [0.2, 0.25) is 0 Å². The minimum atomic E-state index is -2.38. The molecule has 1 saturated carbocycles. The topological polar surface area (TPSA) is 0 Å². The number of allylic oxidation sites excluding steroid dienone is 2. The van der Waals surface area contributed by atoms with Crippen molar-refractivity contribution in [2.45, 2.75) is 45.5 Å². The molecule has 2 heteroatoms. The molecule has 1 aliphatic carbocycles. The second-order valence-corrected chi connectivity index (χ2v) is 3.94. The van der Waals surface area contributed by atoms with Gasteiger partial charge in [-0.25, -0.2) is 8.78 Å². The summed E-state index contributed by atoms with van der Waals surface area (Å²) >= 11 is 0. The average molecular weight is 174 g/mol. The van der Waals surface area contributed by atoms with Crippen LogP contribution in [0.5, 0.6) is 0 Å². The highest BCUT2D eigenvalue weighted by atomic mass is 19.3. The fourth-order valence-corrected chi connectivity index (χ4v) is 1.70. The van der Waals surface area contributed by atoms with Crippen molar-refractivity contribution in [3.05, 3.63) is 11.6 Å². The molecule has 0 aromatic heterocycles. The molecule has 1 aliphatic rings. The Morgan fingerprint density at radius 1 is 1.25 bits per heavy atom. The van der Waals surface area contributed by atoms with Gasteiger partial charge in [0.05, 0.1) is 0 Å². The maximum Gasteiger partial charge on any atom is 0.248 e. The van der Waals surface area contributed by atoms with Gasteiger partial charge in [0.1, 0.15) is 0 Å². The Kier molecular flexibility index (Phi) is 2.86. The number of rotatable bonds is 1. The van der Waals surface area contributed by atoms with Gasteiger partial charge in [0.25, 0.3) is 0 Å². The molecule has 0 saturated heterocycles. The standard InChI is InChI=1S/C10H16F2/c1-8(2)7-9-3-5-10(11,12)6-4-9/h7,9H,3-6H2,1-2H3. The van der Waals surface area contributed by atoms with Crippen LogP contribution >= 0.6 is 0 Å². The van der Waals surface area contributed by atoms with Crippen LogP contribution < -0.4 is 0 Å². The molecular formula is C10H16F2. The lowest BCUT2D eigenvalue weighted by molar-refractivity contribution is -0.0411. The average Bonchev–Trinajstić information content (AvgIpc) is 1.93. The largest absolute Gasteiger partial charge is 0.248 e. The summed E-state index contributed by atoms with van der Waals surface area (Å²) in [4.78, 5) is 0. The van der Waals surface area contributed by atoms with E-state index in [-0.39, 0.29) is 12.8 Å². The Bertz CT molecular complexity index is 168. The van der Waals surface area contributed by atoms with Crippen molar-refractivity contribution in [2.75, 3.05) is 0 Å². The summed E-state index contributed by atoms with van der Waals surface area (Å²) in [6.45, 7) is 4.04. The van der Waals surface area contributed by atoms with E-state index in [1.807, 2.05) is 13.8 Å². The molecule has 1 fully saturated rings. The normalized spacial score (nSPS) is 23.7. The molecule has 0 N–H and O–H groups in total. The van der Waals surface area contributed by atoms with Gasteiger partial charge in [0.15, 0.2) is 0 Å². The summed E-state index contributed by atoms with van der Waals surface area (Å²) in [5, 5.41) is 0. The molecule has 1 rings (SSSR count). The summed E-state index contributed by atoms with van der Waals surface area (Å²) in [6, 6.07) is 0. The molecular weight excluding hydrogens is 158 g/mol. The van der Waals surface area contributed by atoms with Crippen LogP contribution in [-0.4, -0.2) is 5.92 Å². The first kappa shape index (κ1) is 9.69. The number of hydrogen-bond acceptors (Lipinski definition) is 0. The van der Waals surface area contributed by atoms with Crippen molar-refractivity contribution in [1.82, 2.24) is 0 Å². The predicted molar refractivity (Wildman–Crippen MR) is 46.3 cm³/mol. The first-order valence-electron chi connectivity index (χ1n) is 4.52. The van der Waals surface area contributed by atoms with Gasteiger partial charge in [-0.3, -0.25) is 0 Å². The third kappa shape index (κ3) is 2.92. The number of hydrogen-bond donors (Lipinski definition) is 0. The van der Waals surface area contributed by atoms with E-state index < -0.39 is 5.92 Å². The lowest BCUT2D eigenvalue weighted by Gasteiger charge is -2.26. The van der Waals surface area contributed by atoms with E-state index in [0.29, 0.717) is 18.8 Å². The lowest BCUT2D eigenvalue weighted by atomic mass is 9.86. The highest BCUT2D eigenvalue weighted by Gasteiger charge is 2.33. The van der Waals surface area contributed by atoms with Crippen LogP contribution in [0.15, 0.2) is 11.6 Å². The fourth-order valence-electron chi connectivity index (χ4n) is 1.70. The summed E-state index contributed by atoms with van der Waals surface area (Å²) in [5.41, 5.74) is 1.24. The van der Waals surface area contributed by atoms with Crippen molar-refractivity contribution in [3.63, 3.8) is 0 Å². The van der Waals surface area contributed by atoms with Crippen molar-refractivity contribution in [2.24, 2.45) is 5.92 Å². The number of halogens is 2. The van der Waals surface area contributed by atoms with E-state index in [4.69, 9.17) is 0 Å². The van der Waals surface area contributed by atoms with E-state index in [0.717, 1.165) is 0 Å². The van der Waals surface area contributed by atoms with Gasteiger partial charge in [0, 0.05) is 12.8 Å². The van der Waals surface area contributed by atoms with Gasteiger partial charge in [-0.15, -0.1) is 0 Å². The van der Waals surface area contributed by atoms with Gasteiger partial charge in [-0.05, 0) is 32.6 Å². The van der Waals surface area contributed by atoms with E-state index in [1.54, 1.807) is 0 Å². The highest BCUT2D eigenvalue weighted by Crippen LogP contribution is 2.36. The smallest absolute Gasteiger partial charge is 0.207 e. The highest BCUT2D eigenvalue weighted by molar-refractivity contribution is 4.99. The Morgan fingerprint density at radius 3 is 2.17 bits per heavy atom. The van der Waals surface area contributed by atoms with Gasteiger partial charge in [-0.2, -0.15) is 0 Å². The van der Waals surface area contributed by atoms with E-state index in [2.05, 4.69) is 6.08 Å². The molecule has 0 aromatic rings. The molecule has 70 valence electrons. The zero-order valence-electron chi connectivity index (χ0n) is 7.74. The van der Waals surface area contributed by atoms with Crippen molar-refractivity contribution in [1.29, 1.82) is 0 Å². The molecule has 0 aromatic carbocycles. The van der Waals surface area contributed by atoms with Crippen LogP contribution in [0.25, 0.3) is 0 Å². The lowest BCUT2D eigenvalue weighted by Crippen LogP contribution is -2.23. The molecule has 0 radical (unpaired) electrons. The Balaban J connectivity index is 2.42. The van der Waals surface area contributed by atoms with Crippen LogP contribution in [-0.2, 0) is 0 Å². The quantitative estimate of drug-likeness (QED) is 0.531. The maximum atomic E-state index is 12.7. The molecule has 0 spiro atoms. The first-order chi connectivity index (χ1) is 5.49. The van der Waals surface area contributed by atoms with Crippen molar-refractivity contribution >= 4 is 0 Å². The molecule has 0 unspecified atom stereocenters. The SMILES string of the molecule is CC(C)=CC1CCC(F)(F)CC1. The molecule has 0 heterocycles. The molecule has 0 bridgehead atoms. The zero-order valence-corrected chi connectivity index (χ0v) is 7.74. The molecule has 12 heavy (non-hydrogen) atoms. The fraction of sp³-hybridized carbons (Fsp3) is 0.800. The third-order valence-corrected chi connectivity index (χ3v) is 2.33.